The zero-order chi connectivity index (χ0) is 15.0. The summed E-state index contributed by atoms with van der Waals surface area (Å²) in [4.78, 5) is 24.0. The Morgan fingerprint density at radius 3 is 2.65 bits per heavy atom. The maximum Gasteiger partial charge on any atom is 0.348 e. The normalized spacial score (nSPS) is 10.6. The van der Waals surface area contributed by atoms with E-state index in [-0.39, 0.29) is 5.91 Å². The second-order valence-corrected chi connectivity index (χ2v) is 5.82. The van der Waals surface area contributed by atoms with Crippen molar-refractivity contribution in [2.75, 3.05) is 26.9 Å². The largest absolute Gasteiger partial charge is 0.465 e. The molecule has 1 heterocycles. The van der Waals surface area contributed by atoms with E-state index in [1.54, 1.807) is 12.1 Å². The predicted molar refractivity (Wildman–Crippen MR) is 78.3 cm³/mol. The number of amides is 1. The lowest BCUT2D eigenvalue weighted by Gasteiger charge is -2.07. The fraction of sp³-hybridized carbons (Fsp3) is 0.571. The van der Waals surface area contributed by atoms with E-state index in [2.05, 4.69) is 23.9 Å². The summed E-state index contributed by atoms with van der Waals surface area (Å²) in [5, 5.41) is 2.80. The first-order valence-electron chi connectivity index (χ1n) is 6.58. The molecule has 0 saturated carbocycles. The van der Waals surface area contributed by atoms with Gasteiger partial charge in [0.2, 0.25) is 0 Å². The molecular weight excluding hydrogens is 278 g/mol. The van der Waals surface area contributed by atoms with Crippen molar-refractivity contribution in [1.29, 1.82) is 0 Å². The Morgan fingerprint density at radius 1 is 1.30 bits per heavy atom. The molecule has 0 spiro atoms. The summed E-state index contributed by atoms with van der Waals surface area (Å²) < 4.78 is 10.0. The van der Waals surface area contributed by atoms with Gasteiger partial charge in [0.05, 0.1) is 12.0 Å². The van der Waals surface area contributed by atoms with Crippen LogP contribution in [0.15, 0.2) is 12.1 Å². The summed E-state index contributed by atoms with van der Waals surface area (Å²) in [6, 6.07) is 3.22. The molecule has 0 fully saturated rings. The molecule has 5 nitrogen and oxygen atoms in total. The first-order valence-corrected chi connectivity index (χ1v) is 7.40. The van der Waals surface area contributed by atoms with Crippen LogP contribution in [0.3, 0.4) is 0 Å². The van der Waals surface area contributed by atoms with Crippen molar-refractivity contribution < 1.29 is 19.1 Å². The lowest BCUT2D eigenvalue weighted by Crippen LogP contribution is -2.24. The average Bonchev–Trinajstić information content (AvgIpc) is 2.91. The third-order valence-electron chi connectivity index (χ3n) is 2.42. The van der Waals surface area contributed by atoms with Crippen molar-refractivity contribution in [3.05, 3.63) is 21.9 Å². The van der Waals surface area contributed by atoms with Crippen LogP contribution in [-0.4, -0.2) is 38.7 Å². The fourth-order valence-electron chi connectivity index (χ4n) is 1.45. The number of carbonyl (C=O) groups is 2. The van der Waals surface area contributed by atoms with Gasteiger partial charge in [-0.1, -0.05) is 13.8 Å². The topological polar surface area (TPSA) is 64.6 Å². The molecule has 0 unspecified atom stereocenters. The van der Waals surface area contributed by atoms with Gasteiger partial charge in [0.1, 0.15) is 4.88 Å². The highest BCUT2D eigenvalue weighted by Crippen LogP contribution is 2.17. The van der Waals surface area contributed by atoms with Crippen molar-refractivity contribution >= 4 is 23.2 Å². The van der Waals surface area contributed by atoms with Crippen LogP contribution in [-0.2, 0) is 9.47 Å². The Hall–Kier alpha value is -1.40. The van der Waals surface area contributed by atoms with Crippen LogP contribution < -0.4 is 5.32 Å². The number of hydrogen-bond donors (Lipinski definition) is 1. The SMILES string of the molecule is COC(=O)c1ccc(C(=O)NCCCOCC(C)C)s1. The maximum absolute atomic E-state index is 11.8. The Kier molecular flexibility index (Phi) is 7.25. The summed E-state index contributed by atoms with van der Waals surface area (Å²) in [5.74, 6) is -0.0717. The highest BCUT2D eigenvalue weighted by Gasteiger charge is 2.13. The number of carbonyl (C=O) groups excluding carboxylic acids is 2. The highest BCUT2D eigenvalue weighted by molar-refractivity contribution is 7.15. The molecule has 1 aromatic rings. The van der Waals surface area contributed by atoms with Crippen molar-refractivity contribution in [2.24, 2.45) is 5.92 Å². The molecule has 0 radical (unpaired) electrons. The summed E-state index contributed by atoms with van der Waals surface area (Å²) in [6.07, 6.45) is 0.772. The molecule has 1 aromatic heterocycles. The molecule has 0 aliphatic carbocycles. The van der Waals surface area contributed by atoms with Gasteiger partial charge in [-0.05, 0) is 24.5 Å². The van der Waals surface area contributed by atoms with Gasteiger partial charge in [-0.15, -0.1) is 11.3 Å². The number of rotatable bonds is 8. The second-order valence-electron chi connectivity index (χ2n) is 4.73. The van der Waals surface area contributed by atoms with Gasteiger partial charge in [-0.2, -0.15) is 0 Å². The third-order valence-corrected chi connectivity index (χ3v) is 3.48. The molecule has 1 rings (SSSR count). The Bertz CT molecular complexity index is 442. The second kappa shape index (κ2) is 8.71. The van der Waals surface area contributed by atoms with Gasteiger partial charge in [0.15, 0.2) is 0 Å². The van der Waals surface area contributed by atoms with E-state index < -0.39 is 5.97 Å². The average molecular weight is 299 g/mol. The van der Waals surface area contributed by atoms with Crippen molar-refractivity contribution in [3.63, 3.8) is 0 Å². The zero-order valence-corrected chi connectivity index (χ0v) is 12.9. The van der Waals surface area contributed by atoms with E-state index in [9.17, 15) is 9.59 Å². The number of methoxy groups -OCH3 is 1. The Morgan fingerprint density at radius 2 is 2.00 bits per heavy atom. The van der Waals surface area contributed by atoms with Crippen molar-refractivity contribution in [3.8, 4) is 0 Å². The first kappa shape index (κ1) is 16.7. The summed E-state index contributed by atoms with van der Waals surface area (Å²) in [6.45, 7) is 6.12. The molecule has 0 saturated heterocycles. The number of hydrogen-bond acceptors (Lipinski definition) is 5. The number of nitrogens with one attached hydrogen (secondary N) is 1. The quantitative estimate of drug-likeness (QED) is 0.591. The highest BCUT2D eigenvalue weighted by atomic mass is 32.1. The molecule has 1 amide bonds. The third kappa shape index (κ3) is 5.71. The van der Waals surface area contributed by atoms with Gasteiger partial charge in [0, 0.05) is 19.8 Å². The van der Waals surface area contributed by atoms with Crippen LogP contribution in [0.2, 0.25) is 0 Å². The van der Waals surface area contributed by atoms with Crippen LogP contribution in [0.4, 0.5) is 0 Å². The lowest BCUT2D eigenvalue weighted by atomic mass is 10.2. The molecular formula is C14H21NO4S. The molecule has 0 bridgehead atoms. The number of thiophene rings is 1. The van der Waals surface area contributed by atoms with Crippen LogP contribution in [0, 0.1) is 5.92 Å². The molecule has 112 valence electrons. The van der Waals surface area contributed by atoms with E-state index in [1.807, 2.05) is 0 Å². The van der Waals surface area contributed by atoms with Gasteiger partial charge in [0.25, 0.3) is 5.91 Å². The number of ether oxygens (including phenoxy) is 2. The standard InChI is InChI=1S/C14H21NO4S/c1-10(2)9-19-8-4-7-15-13(16)11-5-6-12(20-11)14(17)18-3/h5-6,10H,4,7-9H2,1-3H3,(H,15,16). The zero-order valence-electron chi connectivity index (χ0n) is 12.1. The molecule has 0 aliphatic rings. The molecule has 1 N–H and O–H groups in total. The molecule has 0 aliphatic heterocycles. The van der Waals surface area contributed by atoms with Gasteiger partial charge in [-0.3, -0.25) is 4.79 Å². The summed E-state index contributed by atoms with van der Waals surface area (Å²) >= 11 is 1.13. The maximum atomic E-state index is 11.8. The van der Waals surface area contributed by atoms with E-state index in [0.29, 0.717) is 28.8 Å². The van der Waals surface area contributed by atoms with E-state index in [1.165, 1.54) is 7.11 Å². The van der Waals surface area contributed by atoms with Crippen molar-refractivity contribution in [1.82, 2.24) is 5.32 Å². The molecule has 0 aromatic carbocycles. The Balaban J connectivity index is 2.26. The van der Waals surface area contributed by atoms with E-state index in [4.69, 9.17) is 4.74 Å². The van der Waals surface area contributed by atoms with Crippen LogP contribution in [0.5, 0.6) is 0 Å². The van der Waals surface area contributed by atoms with Crippen molar-refractivity contribution in [2.45, 2.75) is 20.3 Å². The molecule has 0 atom stereocenters. The van der Waals surface area contributed by atoms with E-state index in [0.717, 1.165) is 24.4 Å². The fourth-order valence-corrected chi connectivity index (χ4v) is 2.29. The lowest BCUT2D eigenvalue weighted by molar-refractivity contribution is 0.0606. The van der Waals surface area contributed by atoms with E-state index >= 15 is 0 Å². The minimum absolute atomic E-state index is 0.172. The first-order chi connectivity index (χ1) is 9.54. The van der Waals surface area contributed by atoms with Crippen LogP contribution >= 0.6 is 11.3 Å². The van der Waals surface area contributed by atoms with Crippen LogP contribution in [0.25, 0.3) is 0 Å². The minimum Gasteiger partial charge on any atom is -0.465 e. The monoisotopic (exact) mass is 299 g/mol. The predicted octanol–water partition coefficient (Wildman–Crippen LogP) is 2.33. The minimum atomic E-state index is -0.420. The number of esters is 1. The molecule has 6 heteroatoms. The summed E-state index contributed by atoms with van der Waals surface area (Å²) in [5.41, 5.74) is 0. The van der Waals surface area contributed by atoms with Gasteiger partial charge in [-0.25, -0.2) is 4.79 Å². The summed E-state index contributed by atoms with van der Waals surface area (Å²) in [7, 11) is 1.32. The smallest absolute Gasteiger partial charge is 0.348 e. The molecule has 20 heavy (non-hydrogen) atoms. The van der Waals surface area contributed by atoms with Gasteiger partial charge >= 0.3 is 5.97 Å². The van der Waals surface area contributed by atoms with Gasteiger partial charge < -0.3 is 14.8 Å². The van der Waals surface area contributed by atoms with Crippen LogP contribution in [0.1, 0.15) is 39.6 Å². The Labute approximate surface area is 123 Å².